The Hall–Kier alpha value is -1.84. The Kier molecular flexibility index (Phi) is 3.23. The van der Waals surface area contributed by atoms with E-state index in [4.69, 9.17) is 0 Å². The highest BCUT2D eigenvalue weighted by Gasteiger charge is 2.29. The largest absolute Gasteiger partial charge is 0.156 e. The minimum absolute atomic E-state index is 0.515. The molecule has 0 radical (unpaired) electrons. The van der Waals surface area contributed by atoms with Crippen molar-refractivity contribution < 1.29 is 0 Å². The van der Waals surface area contributed by atoms with Gasteiger partial charge in [-0.3, -0.25) is 0 Å². The monoisotopic (exact) mass is 254 g/mol. The molecule has 2 aromatic rings. The number of aromatic nitrogens is 4. The van der Waals surface area contributed by atoms with Gasteiger partial charge in [0.25, 0.3) is 0 Å². The molecule has 0 amide bonds. The van der Waals surface area contributed by atoms with Crippen LogP contribution in [0.1, 0.15) is 53.9 Å². The predicted octanol–water partition coefficient (Wildman–Crippen LogP) is 2.93. The molecule has 19 heavy (non-hydrogen) atoms. The first kappa shape index (κ1) is 12.2. The zero-order valence-electron chi connectivity index (χ0n) is 11.4. The van der Waals surface area contributed by atoms with Gasteiger partial charge in [0.05, 0.1) is 22.8 Å². The molecule has 0 aromatic carbocycles. The van der Waals surface area contributed by atoms with Crippen LogP contribution in [0.5, 0.6) is 0 Å². The average molecular weight is 254 g/mol. The summed E-state index contributed by atoms with van der Waals surface area (Å²) in [6.45, 7) is 3.94. The molecular formula is C15H18N4. The van der Waals surface area contributed by atoms with E-state index >= 15 is 0 Å². The van der Waals surface area contributed by atoms with Gasteiger partial charge in [-0.2, -0.15) is 20.4 Å². The number of rotatable bonds is 2. The van der Waals surface area contributed by atoms with Gasteiger partial charge in [-0.25, -0.2) is 0 Å². The summed E-state index contributed by atoms with van der Waals surface area (Å²) in [5, 5.41) is 16.9. The van der Waals surface area contributed by atoms with Gasteiger partial charge >= 0.3 is 0 Å². The van der Waals surface area contributed by atoms with Crippen LogP contribution in [-0.2, 0) is 0 Å². The number of hydrogen-bond donors (Lipinski definition) is 0. The molecule has 0 aliphatic heterocycles. The second-order valence-corrected chi connectivity index (χ2v) is 5.41. The van der Waals surface area contributed by atoms with Crippen molar-refractivity contribution in [1.29, 1.82) is 0 Å². The molecule has 1 fully saturated rings. The Morgan fingerprint density at radius 2 is 1.21 bits per heavy atom. The Morgan fingerprint density at radius 3 is 1.58 bits per heavy atom. The van der Waals surface area contributed by atoms with E-state index in [1.165, 1.54) is 0 Å². The Balaban J connectivity index is 1.73. The first-order valence-corrected chi connectivity index (χ1v) is 6.83. The van der Waals surface area contributed by atoms with E-state index in [9.17, 15) is 0 Å². The Bertz CT molecular complexity index is 496. The third-order valence-electron chi connectivity index (χ3n) is 3.91. The van der Waals surface area contributed by atoms with Gasteiger partial charge in [0, 0.05) is 11.8 Å². The van der Waals surface area contributed by atoms with Crippen molar-refractivity contribution in [3.05, 3.63) is 47.0 Å². The third-order valence-corrected chi connectivity index (χ3v) is 3.91. The predicted molar refractivity (Wildman–Crippen MR) is 72.9 cm³/mol. The molecule has 0 bridgehead atoms. The standard InChI is InChI=1S/C15H18N4/c1-10-3-7-14(18-16-10)12-5-6-13(9-12)15-8-4-11(2)17-19-15/h3-4,7-8,12-13H,5-6,9H2,1-2H3/t12-,13-/m0/s1. The van der Waals surface area contributed by atoms with Gasteiger partial charge in [0.1, 0.15) is 0 Å². The minimum Gasteiger partial charge on any atom is -0.156 e. The first-order chi connectivity index (χ1) is 9.22. The van der Waals surface area contributed by atoms with Crippen LogP contribution in [-0.4, -0.2) is 20.4 Å². The summed E-state index contributed by atoms with van der Waals surface area (Å²) < 4.78 is 0. The van der Waals surface area contributed by atoms with Crippen LogP contribution >= 0.6 is 0 Å². The summed E-state index contributed by atoms with van der Waals surface area (Å²) in [5.41, 5.74) is 4.19. The lowest BCUT2D eigenvalue weighted by atomic mass is 9.99. The number of aryl methyl sites for hydroxylation is 2. The zero-order valence-corrected chi connectivity index (χ0v) is 11.4. The SMILES string of the molecule is Cc1ccc([C@H]2CC[C@H](c3ccc(C)nn3)C2)nn1. The van der Waals surface area contributed by atoms with Gasteiger partial charge in [0.15, 0.2) is 0 Å². The quantitative estimate of drug-likeness (QED) is 0.826. The fraction of sp³-hybridized carbons (Fsp3) is 0.467. The lowest BCUT2D eigenvalue weighted by Crippen LogP contribution is -2.02. The number of nitrogens with zero attached hydrogens (tertiary/aromatic N) is 4. The molecule has 3 rings (SSSR count). The van der Waals surface area contributed by atoms with Crippen LogP contribution in [0.2, 0.25) is 0 Å². The van der Waals surface area contributed by atoms with Crippen molar-refractivity contribution in [3.63, 3.8) is 0 Å². The summed E-state index contributed by atoms with van der Waals surface area (Å²) in [6.07, 6.45) is 3.44. The highest BCUT2D eigenvalue weighted by atomic mass is 15.1. The second-order valence-electron chi connectivity index (χ2n) is 5.41. The highest BCUT2D eigenvalue weighted by Crippen LogP contribution is 2.42. The summed E-state index contributed by atoms with van der Waals surface area (Å²) >= 11 is 0. The van der Waals surface area contributed by atoms with E-state index in [0.29, 0.717) is 11.8 Å². The highest BCUT2D eigenvalue weighted by molar-refractivity contribution is 5.17. The van der Waals surface area contributed by atoms with Crippen LogP contribution in [0, 0.1) is 13.8 Å². The molecule has 1 saturated carbocycles. The summed E-state index contributed by atoms with van der Waals surface area (Å²) in [4.78, 5) is 0. The van der Waals surface area contributed by atoms with Crippen LogP contribution in [0.3, 0.4) is 0 Å². The van der Waals surface area contributed by atoms with Crippen LogP contribution < -0.4 is 0 Å². The maximum absolute atomic E-state index is 4.32. The fourth-order valence-corrected chi connectivity index (χ4v) is 2.77. The van der Waals surface area contributed by atoms with Gasteiger partial charge in [-0.1, -0.05) is 0 Å². The molecule has 4 nitrogen and oxygen atoms in total. The summed E-state index contributed by atoms with van der Waals surface area (Å²) in [6, 6.07) is 8.30. The van der Waals surface area contributed by atoms with Gasteiger partial charge in [-0.05, 0) is 57.4 Å². The van der Waals surface area contributed by atoms with Gasteiger partial charge in [0.2, 0.25) is 0 Å². The Labute approximate surface area is 113 Å². The smallest absolute Gasteiger partial charge is 0.0662 e. The van der Waals surface area contributed by atoms with E-state index in [1.54, 1.807) is 0 Å². The average Bonchev–Trinajstić information content (AvgIpc) is 2.90. The molecule has 2 heterocycles. The van der Waals surface area contributed by atoms with Gasteiger partial charge < -0.3 is 0 Å². The molecule has 2 aromatic heterocycles. The second kappa shape index (κ2) is 5.03. The molecule has 1 aliphatic carbocycles. The normalized spacial score (nSPS) is 22.6. The number of hydrogen-bond acceptors (Lipinski definition) is 4. The van der Waals surface area contributed by atoms with Crippen molar-refractivity contribution in [2.45, 2.75) is 44.9 Å². The van der Waals surface area contributed by atoms with E-state index in [1.807, 2.05) is 26.0 Å². The molecule has 0 saturated heterocycles. The Morgan fingerprint density at radius 1 is 0.737 bits per heavy atom. The first-order valence-electron chi connectivity index (χ1n) is 6.83. The molecule has 1 aliphatic rings. The zero-order chi connectivity index (χ0) is 13.2. The lowest BCUT2D eigenvalue weighted by Gasteiger charge is -2.10. The molecule has 0 N–H and O–H groups in total. The lowest BCUT2D eigenvalue weighted by molar-refractivity contribution is 0.639. The van der Waals surface area contributed by atoms with Gasteiger partial charge in [-0.15, -0.1) is 0 Å². The summed E-state index contributed by atoms with van der Waals surface area (Å²) in [5.74, 6) is 1.03. The van der Waals surface area contributed by atoms with Crippen molar-refractivity contribution in [2.24, 2.45) is 0 Å². The molecule has 0 spiro atoms. The van der Waals surface area contributed by atoms with Crippen molar-refractivity contribution in [1.82, 2.24) is 20.4 Å². The maximum atomic E-state index is 4.32. The summed E-state index contributed by atoms with van der Waals surface area (Å²) in [7, 11) is 0. The van der Waals surface area contributed by atoms with E-state index < -0.39 is 0 Å². The molecular weight excluding hydrogens is 236 g/mol. The maximum Gasteiger partial charge on any atom is 0.0662 e. The van der Waals surface area contributed by atoms with Crippen molar-refractivity contribution >= 4 is 0 Å². The van der Waals surface area contributed by atoms with E-state index in [-0.39, 0.29) is 0 Å². The van der Waals surface area contributed by atoms with Crippen LogP contribution in [0.4, 0.5) is 0 Å². The van der Waals surface area contributed by atoms with Crippen LogP contribution in [0.25, 0.3) is 0 Å². The van der Waals surface area contributed by atoms with E-state index in [0.717, 1.165) is 42.0 Å². The van der Waals surface area contributed by atoms with Crippen molar-refractivity contribution in [2.75, 3.05) is 0 Å². The van der Waals surface area contributed by atoms with E-state index in [2.05, 4.69) is 32.5 Å². The van der Waals surface area contributed by atoms with Crippen LogP contribution in [0.15, 0.2) is 24.3 Å². The molecule has 4 heteroatoms. The molecule has 0 unspecified atom stereocenters. The molecule has 2 atom stereocenters. The molecule has 98 valence electrons. The third kappa shape index (κ3) is 2.62. The van der Waals surface area contributed by atoms with Crippen molar-refractivity contribution in [3.8, 4) is 0 Å². The fourth-order valence-electron chi connectivity index (χ4n) is 2.77. The topological polar surface area (TPSA) is 51.6 Å². The minimum atomic E-state index is 0.515.